The van der Waals surface area contributed by atoms with E-state index in [4.69, 9.17) is 31.1 Å². The van der Waals surface area contributed by atoms with Crippen molar-refractivity contribution in [1.29, 1.82) is 5.41 Å². The van der Waals surface area contributed by atoms with Crippen LogP contribution in [0.2, 0.25) is 0 Å². The molecule has 0 radical (unpaired) electrons. The number of nitro benzene ring substituents is 1. The number of morpholine rings is 3. The lowest BCUT2D eigenvalue weighted by Crippen LogP contribution is -2.37. The molecule has 0 saturated carbocycles. The van der Waals surface area contributed by atoms with Gasteiger partial charge in [-0.15, -0.1) is 66.0 Å². The molecule has 3 aliphatic rings. The zero-order valence-electron chi connectivity index (χ0n) is 51.3. The van der Waals surface area contributed by atoms with Crippen LogP contribution in [0.1, 0.15) is 41.5 Å². The Labute approximate surface area is 584 Å². The van der Waals surface area contributed by atoms with Gasteiger partial charge in [0.05, 0.1) is 77.5 Å². The van der Waals surface area contributed by atoms with Gasteiger partial charge in [0.1, 0.15) is 11.7 Å². The first-order valence-electron chi connectivity index (χ1n) is 30.0. The zero-order chi connectivity index (χ0) is 60.7. The summed E-state index contributed by atoms with van der Waals surface area (Å²) in [5, 5.41) is 35.0. The molecule has 4 aromatic carbocycles. The maximum atomic E-state index is 10.9. The molecule has 0 amide bonds. The summed E-state index contributed by atoms with van der Waals surface area (Å²) in [5.74, 6) is 2.00. The van der Waals surface area contributed by atoms with Gasteiger partial charge in [-0.1, -0.05) is 42.5 Å². The Morgan fingerprint density at radius 2 is 0.891 bits per heavy atom. The number of thioether (sulfide) groups is 1. The number of aryl methyl sites for hydroxylation is 3. The number of ether oxygens (including phenoxy) is 3. The lowest BCUT2D eigenvalue weighted by atomic mass is 10.2. The van der Waals surface area contributed by atoms with Gasteiger partial charge < -0.3 is 39.4 Å². The van der Waals surface area contributed by atoms with E-state index in [0.717, 1.165) is 182 Å². The minimum atomic E-state index is -0.343. The summed E-state index contributed by atoms with van der Waals surface area (Å²) in [4.78, 5) is 27.1. The Morgan fingerprint density at radius 3 is 1.27 bits per heavy atom. The number of nitrogens with zero attached hydrogens (tertiary/aromatic N) is 9. The van der Waals surface area contributed by atoms with E-state index in [0.29, 0.717) is 16.7 Å². The monoisotopic (exact) mass is 1450 g/mol. The Hall–Kier alpha value is -5.93. The quantitative estimate of drug-likeness (QED) is 0.0284. The van der Waals surface area contributed by atoms with Crippen molar-refractivity contribution in [3.8, 4) is 0 Å². The number of amidine groups is 2. The maximum Gasteiger partial charge on any atom is 0.271 e. The largest absolute Gasteiger partial charge is 0.383 e. The van der Waals surface area contributed by atoms with Crippen LogP contribution >= 0.6 is 100.0 Å². The number of hydrogen-bond acceptors (Lipinski definition) is 15. The van der Waals surface area contributed by atoms with Crippen molar-refractivity contribution in [1.82, 2.24) is 28.4 Å². The van der Waals surface area contributed by atoms with E-state index in [1.165, 1.54) is 27.4 Å². The third-order valence-corrected chi connectivity index (χ3v) is 18.6. The van der Waals surface area contributed by atoms with Gasteiger partial charge in [-0.25, -0.2) is 9.98 Å². The highest BCUT2D eigenvalue weighted by atomic mass is 79.9. The van der Waals surface area contributed by atoms with E-state index in [1.807, 2.05) is 99.1 Å². The van der Waals surface area contributed by atoms with E-state index in [2.05, 4.69) is 99.3 Å². The molecule has 6 aromatic heterocycles. The van der Waals surface area contributed by atoms with Crippen molar-refractivity contribution < 1.29 is 19.1 Å². The van der Waals surface area contributed by atoms with Crippen LogP contribution in [-0.4, -0.2) is 149 Å². The summed E-state index contributed by atoms with van der Waals surface area (Å²) < 4.78 is 22.9. The number of rotatable bonds is 20. The fourth-order valence-electron chi connectivity index (χ4n) is 10.7. The highest BCUT2D eigenvalue weighted by Crippen LogP contribution is 2.27. The lowest BCUT2D eigenvalue weighted by molar-refractivity contribution is -0.384. The average Bonchev–Trinajstić information content (AvgIpc) is 1.73. The molecule has 13 rings (SSSR count). The second-order valence-corrected chi connectivity index (χ2v) is 24.9. The first kappa shape index (κ1) is 75.1. The Balaban J connectivity index is 0.000000195. The molecule has 0 atom stereocenters. The molecular formula is C67H82BrCl3N12O5S4. The molecule has 0 bridgehead atoms. The van der Waals surface area contributed by atoms with Crippen LogP contribution in [-0.2, 0) is 39.6 Å². The number of hydrogen-bond donors (Lipinski definition) is 3. The predicted octanol–water partition coefficient (Wildman–Crippen LogP) is 15.0. The normalized spacial score (nSPS) is 14.7. The molecule has 3 saturated heterocycles. The topological polar surface area (TPSA) is 196 Å². The number of thiophene rings is 3. The minimum Gasteiger partial charge on any atom is -0.383 e. The van der Waals surface area contributed by atoms with Crippen molar-refractivity contribution in [2.75, 3.05) is 98.5 Å². The van der Waals surface area contributed by atoms with Gasteiger partial charge in [-0.05, 0) is 118 Å². The number of nitrogens with two attached hydrogens (primary N) is 2. The third-order valence-electron chi connectivity index (χ3n) is 15.6. The van der Waals surface area contributed by atoms with Crippen molar-refractivity contribution in [3.63, 3.8) is 0 Å². The Morgan fingerprint density at radius 1 is 0.511 bits per heavy atom. The van der Waals surface area contributed by atoms with Crippen LogP contribution in [0.5, 0.6) is 0 Å². The van der Waals surface area contributed by atoms with E-state index in [-0.39, 0.29) is 64.8 Å². The van der Waals surface area contributed by atoms with Crippen LogP contribution in [0, 0.1) is 15.5 Å². The van der Waals surface area contributed by atoms with Gasteiger partial charge in [0, 0.05) is 153 Å². The molecule has 0 aliphatic carbocycles. The van der Waals surface area contributed by atoms with Gasteiger partial charge in [0.2, 0.25) is 0 Å². The lowest BCUT2D eigenvalue weighted by Gasteiger charge is -2.26. The van der Waals surface area contributed by atoms with E-state index >= 15 is 0 Å². The second-order valence-electron chi connectivity index (χ2n) is 21.6. The second kappa shape index (κ2) is 39.7. The molecule has 9 heterocycles. The first-order valence-corrected chi connectivity index (χ1v) is 33.8. The highest BCUT2D eigenvalue weighted by Gasteiger charge is 2.15. The summed E-state index contributed by atoms with van der Waals surface area (Å²) in [7, 11) is 0. The summed E-state index contributed by atoms with van der Waals surface area (Å²) in [5.41, 5.74) is 21.8. The number of aromatic nitrogens is 3. The standard InChI is InChI=1S/2C20H24N4OS.C15H19N3O3.C12H11NS2.BrH.3ClH/c2*21-20(17-5-13-26-15-17)22-18-3-2-16-4-8-24(19(16)14-18)7-1-6-23-9-11-25-12-10-23;19-18(20)14-3-2-13-4-7-17(15(13)12-14)6-1-5-16-8-10-21-11-9-16;13-12(11-6-7-14-9-11)15-8-10-4-2-1-3-5-10;;;;/h2*2-5,8,13-15H,1,6-7,9-12H2,(H2,21,22);2-4,7,12H,1,5-6,8-11H2;1-7,9,13H,8H2;4*1H. The molecule has 492 valence electrons. The number of aliphatic imine (C=N–C) groups is 2. The predicted molar refractivity (Wildman–Crippen MR) is 398 cm³/mol. The zero-order valence-corrected chi connectivity index (χ0v) is 58.7. The summed E-state index contributed by atoms with van der Waals surface area (Å²) in [6, 6.07) is 40.2. The Kier molecular flexibility index (Phi) is 32.4. The fraction of sp³-hybridized carbons (Fsp3) is 0.328. The summed E-state index contributed by atoms with van der Waals surface area (Å²) in [6.45, 7) is 17.4. The number of halogens is 4. The first-order chi connectivity index (χ1) is 43.2. The molecular weight excluding hydrogens is 1370 g/mol. The van der Waals surface area contributed by atoms with Crippen molar-refractivity contribution in [2.45, 2.75) is 44.6 Å². The molecule has 3 aliphatic heterocycles. The van der Waals surface area contributed by atoms with Gasteiger partial charge >= 0.3 is 0 Å². The van der Waals surface area contributed by atoms with Crippen molar-refractivity contribution in [3.05, 3.63) is 205 Å². The summed E-state index contributed by atoms with van der Waals surface area (Å²) in [6.07, 6.45) is 9.64. The molecule has 92 heavy (non-hydrogen) atoms. The Bertz CT molecular complexity index is 3670. The fourth-order valence-corrected chi connectivity index (χ4v) is 13.5. The molecule has 17 nitrogen and oxygen atoms in total. The van der Waals surface area contributed by atoms with Crippen LogP contribution in [0.25, 0.3) is 32.7 Å². The highest BCUT2D eigenvalue weighted by molar-refractivity contribution is 8.93. The van der Waals surface area contributed by atoms with Gasteiger partial charge in [-0.2, -0.15) is 34.0 Å². The number of nitro groups is 1. The molecule has 10 aromatic rings. The minimum absolute atomic E-state index is 0. The van der Waals surface area contributed by atoms with Gasteiger partial charge in [-0.3, -0.25) is 30.2 Å². The van der Waals surface area contributed by atoms with Gasteiger partial charge in [0.25, 0.3) is 5.69 Å². The average molecular weight is 1450 g/mol. The SMILES string of the molecule is Br.Cl.Cl.Cl.N=C(SCc1ccccc1)c1ccsc1.NC(=Nc1ccc2ccn(CCCN3CCOCC3)c2c1)c1ccsc1.NC(=Nc1ccc2ccn(CCCN3CCOCC3)c2c1)c1ccsc1.O=[N+]([O-])c1ccc2ccn(CCCN3CCOCC3)c2c1. The molecule has 5 N–H and O–H groups in total. The van der Waals surface area contributed by atoms with E-state index in [9.17, 15) is 10.1 Å². The number of fused-ring (bicyclic) bond motifs is 3. The smallest absolute Gasteiger partial charge is 0.271 e. The maximum absolute atomic E-state index is 10.9. The van der Waals surface area contributed by atoms with Crippen LogP contribution in [0.3, 0.4) is 0 Å². The molecule has 0 spiro atoms. The molecule has 0 unspecified atom stereocenters. The molecule has 3 fully saturated rings. The van der Waals surface area contributed by atoms with Crippen LogP contribution < -0.4 is 11.5 Å². The van der Waals surface area contributed by atoms with E-state index < -0.39 is 0 Å². The number of non-ortho nitro benzene ring substituents is 1. The van der Waals surface area contributed by atoms with Crippen molar-refractivity contribution in [2.24, 2.45) is 21.5 Å². The summed E-state index contributed by atoms with van der Waals surface area (Å²) >= 11 is 6.47. The van der Waals surface area contributed by atoms with Crippen molar-refractivity contribution >= 4 is 166 Å². The van der Waals surface area contributed by atoms with Crippen LogP contribution in [0.15, 0.2) is 182 Å². The third kappa shape index (κ3) is 22.6. The van der Waals surface area contributed by atoms with E-state index in [1.54, 1.807) is 57.9 Å². The van der Waals surface area contributed by atoms with Gasteiger partial charge in [0.15, 0.2) is 0 Å². The number of benzene rings is 4. The number of nitrogens with one attached hydrogen (secondary N) is 1. The van der Waals surface area contributed by atoms with Crippen LogP contribution in [0.4, 0.5) is 17.1 Å². The molecule has 25 heteroatoms.